The van der Waals surface area contributed by atoms with Crippen LogP contribution >= 0.6 is 11.8 Å². The number of nitrogens with zero attached hydrogens (tertiary/aromatic N) is 4. The number of tetrazole rings is 1. The summed E-state index contributed by atoms with van der Waals surface area (Å²) in [5, 5.41) is 14.9. The highest BCUT2D eigenvalue weighted by Crippen LogP contribution is 2.27. The molecule has 29 heavy (non-hydrogen) atoms. The van der Waals surface area contributed by atoms with E-state index in [1.807, 2.05) is 25.1 Å². The van der Waals surface area contributed by atoms with E-state index in [1.165, 1.54) is 23.6 Å². The van der Waals surface area contributed by atoms with Gasteiger partial charge in [0.05, 0.1) is 25.5 Å². The molecule has 3 rings (SSSR count). The summed E-state index contributed by atoms with van der Waals surface area (Å²) in [6.45, 7) is 1.96. The molecule has 0 radical (unpaired) electrons. The summed E-state index contributed by atoms with van der Waals surface area (Å²) in [4.78, 5) is 23.7. The SMILES string of the molecule is COC(=O)c1ccc(NC(=O)CSc2nnnn2-c2cc(C)ccc2OC)cc1. The molecule has 1 amide bonds. The van der Waals surface area contributed by atoms with Crippen LogP contribution in [0.5, 0.6) is 5.75 Å². The van der Waals surface area contributed by atoms with Crippen LogP contribution < -0.4 is 10.1 Å². The Hall–Kier alpha value is -3.40. The molecule has 0 aliphatic carbocycles. The Morgan fingerprint density at radius 3 is 2.59 bits per heavy atom. The van der Waals surface area contributed by atoms with Gasteiger partial charge in [0.25, 0.3) is 0 Å². The number of aromatic nitrogens is 4. The second kappa shape index (κ2) is 9.20. The normalized spacial score (nSPS) is 10.4. The number of anilines is 1. The summed E-state index contributed by atoms with van der Waals surface area (Å²) < 4.78 is 11.6. The Balaban J connectivity index is 1.66. The molecule has 0 saturated heterocycles. The molecule has 1 aromatic heterocycles. The van der Waals surface area contributed by atoms with Gasteiger partial charge in [0.15, 0.2) is 0 Å². The van der Waals surface area contributed by atoms with Gasteiger partial charge < -0.3 is 14.8 Å². The Morgan fingerprint density at radius 1 is 1.14 bits per heavy atom. The molecular weight excluding hydrogens is 394 g/mol. The van der Waals surface area contributed by atoms with Crippen molar-refractivity contribution in [2.45, 2.75) is 12.1 Å². The smallest absolute Gasteiger partial charge is 0.337 e. The molecule has 10 heteroatoms. The van der Waals surface area contributed by atoms with E-state index in [4.69, 9.17) is 4.74 Å². The standard InChI is InChI=1S/C19H19N5O4S/c1-12-4-9-16(27-2)15(10-12)24-19(21-22-23-24)29-11-17(25)20-14-7-5-13(6-8-14)18(26)28-3/h4-10H,11H2,1-3H3,(H,20,25). The molecule has 0 spiro atoms. The number of ether oxygens (including phenoxy) is 2. The van der Waals surface area contributed by atoms with E-state index >= 15 is 0 Å². The second-order valence-corrected chi connectivity index (χ2v) is 6.90. The molecule has 3 aromatic rings. The minimum absolute atomic E-state index is 0.104. The van der Waals surface area contributed by atoms with Gasteiger partial charge in [-0.3, -0.25) is 4.79 Å². The first-order valence-electron chi connectivity index (χ1n) is 8.56. The van der Waals surface area contributed by atoms with Crippen LogP contribution in [0.2, 0.25) is 0 Å². The number of amides is 1. The lowest BCUT2D eigenvalue weighted by Gasteiger charge is -2.10. The highest BCUT2D eigenvalue weighted by Gasteiger charge is 2.15. The lowest BCUT2D eigenvalue weighted by Crippen LogP contribution is -2.15. The van der Waals surface area contributed by atoms with Gasteiger partial charge in [-0.1, -0.05) is 17.8 Å². The van der Waals surface area contributed by atoms with Crippen LogP contribution in [0, 0.1) is 6.92 Å². The molecule has 150 valence electrons. The molecule has 0 bridgehead atoms. The van der Waals surface area contributed by atoms with E-state index in [9.17, 15) is 9.59 Å². The minimum atomic E-state index is -0.433. The molecular formula is C19H19N5O4S. The van der Waals surface area contributed by atoms with Crippen molar-refractivity contribution in [1.29, 1.82) is 0 Å². The van der Waals surface area contributed by atoms with E-state index in [2.05, 4.69) is 25.6 Å². The number of hydrogen-bond donors (Lipinski definition) is 1. The molecule has 0 fully saturated rings. The van der Waals surface area contributed by atoms with Crippen molar-refractivity contribution < 1.29 is 19.1 Å². The number of thioether (sulfide) groups is 1. The van der Waals surface area contributed by atoms with Gasteiger partial charge in [0.1, 0.15) is 11.4 Å². The topological polar surface area (TPSA) is 108 Å². The summed E-state index contributed by atoms with van der Waals surface area (Å²) in [7, 11) is 2.89. The second-order valence-electron chi connectivity index (χ2n) is 5.95. The monoisotopic (exact) mass is 413 g/mol. The third-order valence-corrected chi connectivity index (χ3v) is 4.84. The van der Waals surface area contributed by atoms with Crippen molar-refractivity contribution >= 4 is 29.3 Å². The van der Waals surface area contributed by atoms with Crippen LogP contribution in [0.25, 0.3) is 5.69 Å². The molecule has 1 heterocycles. The van der Waals surface area contributed by atoms with Crippen molar-refractivity contribution in [3.05, 3.63) is 53.6 Å². The molecule has 0 unspecified atom stereocenters. The first kappa shape index (κ1) is 20.3. The first-order valence-corrected chi connectivity index (χ1v) is 9.55. The van der Waals surface area contributed by atoms with Gasteiger partial charge in [-0.15, -0.1) is 5.10 Å². The highest BCUT2D eigenvalue weighted by molar-refractivity contribution is 7.99. The average Bonchev–Trinajstić information content (AvgIpc) is 3.20. The average molecular weight is 413 g/mol. The summed E-state index contributed by atoms with van der Waals surface area (Å²) in [6.07, 6.45) is 0. The largest absolute Gasteiger partial charge is 0.494 e. The van der Waals surface area contributed by atoms with Gasteiger partial charge in [0, 0.05) is 5.69 Å². The van der Waals surface area contributed by atoms with Crippen molar-refractivity contribution in [2.24, 2.45) is 0 Å². The molecule has 0 aliphatic rings. The molecule has 2 aromatic carbocycles. The zero-order chi connectivity index (χ0) is 20.8. The predicted molar refractivity (Wildman–Crippen MR) is 108 cm³/mol. The van der Waals surface area contributed by atoms with Gasteiger partial charge >= 0.3 is 5.97 Å². The fourth-order valence-electron chi connectivity index (χ4n) is 2.52. The number of benzene rings is 2. The van der Waals surface area contributed by atoms with Crippen LogP contribution in [0.3, 0.4) is 0 Å². The summed E-state index contributed by atoms with van der Waals surface area (Å²) in [5.41, 5.74) is 2.70. The van der Waals surface area contributed by atoms with Gasteiger partial charge in [-0.05, 0) is 59.3 Å². The first-order chi connectivity index (χ1) is 14.0. The van der Waals surface area contributed by atoms with E-state index in [-0.39, 0.29) is 11.7 Å². The maximum Gasteiger partial charge on any atom is 0.337 e. The number of hydrogen-bond acceptors (Lipinski definition) is 8. The number of carbonyl (C=O) groups excluding carboxylic acids is 2. The van der Waals surface area contributed by atoms with E-state index in [0.717, 1.165) is 5.56 Å². The molecule has 1 N–H and O–H groups in total. The molecule has 0 aliphatic heterocycles. The highest BCUT2D eigenvalue weighted by atomic mass is 32.2. The van der Waals surface area contributed by atoms with Crippen LogP contribution in [0.1, 0.15) is 15.9 Å². The van der Waals surface area contributed by atoms with Crippen molar-refractivity contribution in [3.63, 3.8) is 0 Å². The van der Waals surface area contributed by atoms with Crippen LogP contribution in [0.4, 0.5) is 5.69 Å². The maximum absolute atomic E-state index is 12.3. The lowest BCUT2D eigenvalue weighted by atomic mass is 10.2. The van der Waals surface area contributed by atoms with Gasteiger partial charge in [-0.25, -0.2) is 4.79 Å². The minimum Gasteiger partial charge on any atom is -0.494 e. The van der Waals surface area contributed by atoms with Crippen molar-refractivity contribution in [3.8, 4) is 11.4 Å². The number of rotatable bonds is 7. The van der Waals surface area contributed by atoms with Crippen molar-refractivity contribution in [2.75, 3.05) is 25.3 Å². The van der Waals surface area contributed by atoms with E-state index < -0.39 is 5.97 Å². The van der Waals surface area contributed by atoms with Gasteiger partial charge in [-0.2, -0.15) is 4.68 Å². The van der Waals surface area contributed by atoms with E-state index in [1.54, 1.807) is 31.4 Å². The van der Waals surface area contributed by atoms with Gasteiger partial charge in [0.2, 0.25) is 11.1 Å². The summed E-state index contributed by atoms with van der Waals surface area (Å²) in [6, 6.07) is 12.1. The maximum atomic E-state index is 12.3. The van der Waals surface area contributed by atoms with Crippen LogP contribution in [-0.2, 0) is 9.53 Å². The number of methoxy groups -OCH3 is 2. The molecule has 0 saturated carbocycles. The van der Waals surface area contributed by atoms with Crippen LogP contribution in [-0.4, -0.2) is 52.1 Å². The Kier molecular flexibility index (Phi) is 6.45. The number of nitrogens with one attached hydrogen (secondary N) is 1. The third-order valence-electron chi connectivity index (χ3n) is 3.93. The summed E-state index contributed by atoms with van der Waals surface area (Å²) >= 11 is 1.20. The van der Waals surface area contributed by atoms with Crippen molar-refractivity contribution in [1.82, 2.24) is 20.2 Å². The molecule has 0 atom stereocenters. The van der Waals surface area contributed by atoms with E-state index in [0.29, 0.717) is 27.8 Å². The van der Waals surface area contributed by atoms with Crippen LogP contribution in [0.15, 0.2) is 47.6 Å². The number of carbonyl (C=O) groups is 2. The molecule has 9 nitrogen and oxygen atoms in total. The number of aryl methyl sites for hydroxylation is 1. The zero-order valence-corrected chi connectivity index (χ0v) is 16.9. The Bertz CT molecular complexity index is 1020. The Labute approximate surface area is 171 Å². The quantitative estimate of drug-likeness (QED) is 0.465. The summed E-state index contributed by atoms with van der Waals surface area (Å²) in [5.74, 6) is 0.0658. The number of esters is 1. The lowest BCUT2D eigenvalue weighted by molar-refractivity contribution is -0.113. The zero-order valence-electron chi connectivity index (χ0n) is 16.1. The third kappa shape index (κ3) is 4.91. The Morgan fingerprint density at radius 2 is 1.90 bits per heavy atom. The fourth-order valence-corrected chi connectivity index (χ4v) is 3.20. The predicted octanol–water partition coefficient (Wildman–Crippen LogP) is 2.50. The fraction of sp³-hybridized carbons (Fsp3) is 0.211.